The predicted octanol–water partition coefficient (Wildman–Crippen LogP) is 2.80. The summed E-state index contributed by atoms with van der Waals surface area (Å²) >= 11 is 0. The lowest BCUT2D eigenvalue weighted by atomic mass is 10.1. The highest BCUT2D eigenvalue weighted by molar-refractivity contribution is 5.88. The van der Waals surface area contributed by atoms with Crippen LogP contribution >= 0.6 is 0 Å². The molecule has 0 saturated heterocycles. The summed E-state index contributed by atoms with van der Waals surface area (Å²) in [6, 6.07) is 8.64. The van der Waals surface area contributed by atoms with Gasteiger partial charge in [0.1, 0.15) is 12.1 Å². The number of aromatic hydroxyl groups is 1. The number of ether oxygens (including phenoxy) is 1. The summed E-state index contributed by atoms with van der Waals surface area (Å²) in [7, 11) is 1.50. The van der Waals surface area contributed by atoms with Crippen molar-refractivity contribution in [2.24, 2.45) is 5.73 Å². The summed E-state index contributed by atoms with van der Waals surface area (Å²) in [5.41, 5.74) is 8.88. The monoisotopic (exact) mass is 367 g/mol. The van der Waals surface area contributed by atoms with Crippen molar-refractivity contribution < 1.29 is 19.4 Å². The number of hydrogen-bond acceptors (Lipinski definition) is 5. The first-order valence-corrected chi connectivity index (χ1v) is 8.57. The molecule has 0 aliphatic rings. The van der Waals surface area contributed by atoms with Gasteiger partial charge in [0.2, 0.25) is 5.91 Å². The van der Waals surface area contributed by atoms with Crippen LogP contribution in [0.5, 0.6) is 11.5 Å². The van der Waals surface area contributed by atoms with Crippen molar-refractivity contribution in [1.29, 1.82) is 0 Å². The number of aldehydes is 1. The van der Waals surface area contributed by atoms with Gasteiger partial charge in [0.05, 0.1) is 18.1 Å². The van der Waals surface area contributed by atoms with Crippen LogP contribution in [0.3, 0.4) is 0 Å². The van der Waals surface area contributed by atoms with Gasteiger partial charge < -0.3 is 20.1 Å². The van der Waals surface area contributed by atoms with Crippen molar-refractivity contribution in [3.63, 3.8) is 0 Å². The lowest BCUT2D eigenvalue weighted by molar-refractivity contribution is -0.118. The maximum atomic E-state index is 11.1. The average molecular weight is 367 g/mol. The first kappa shape index (κ1) is 18.4. The van der Waals surface area contributed by atoms with Crippen molar-refractivity contribution in [2.45, 2.75) is 26.3 Å². The number of aromatic nitrogens is 2. The Labute approximate surface area is 156 Å². The molecule has 1 aromatic heterocycles. The first-order valence-electron chi connectivity index (χ1n) is 8.57. The fraction of sp³-hybridized carbons (Fsp3) is 0.250. The van der Waals surface area contributed by atoms with Crippen molar-refractivity contribution in [3.05, 3.63) is 41.5 Å². The van der Waals surface area contributed by atoms with Crippen LogP contribution in [0.15, 0.2) is 30.3 Å². The molecule has 3 rings (SSSR count). The molecule has 0 unspecified atom stereocenters. The van der Waals surface area contributed by atoms with Gasteiger partial charge in [0.15, 0.2) is 11.5 Å². The first-order chi connectivity index (χ1) is 13.0. The van der Waals surface area contributed by atoms with E-state index in [4.69, 9.17) is 15.5 Å². The number of phenols is 1. The molecule has 7 nitrogen and oxygen atoms in total. The Morgan fingerprint density at radius 2 is 2.11 bits per heavy atom. The van der Waals surface area contributed by atoms with E-state index < -0.39 is 0 Å². The molecule has 0 aliphatic heterocycles. The van der Waals surface area contributed by atoms with Crippen LogP contribution in [0.2, 0.25) is 0 Å². The van der Waals surface area contributed by atoms with Crippen LogP contribution in [-0.2, 0) is 11.3 Å². The maximum Gasteiger partial charge on any atom is 0.217 e. The van der Waals surface area contributed by atoms with E-state index in [0.29, 0.717) is 35.6 Å². The van der Waals surface area contributed by atoms with E-state index in [2.05, 4.69) is 0 Å². The van der Waals surface area contributed by atoms with Crippen molar-refractivity contribution >= 4 is 23.2 Å². The standard InChI is InChI=1S/C20H21N3O4/c1-12-14(6-8-17(25)19(12)27-2)20-22-15-10-13(11-24)5-7-16(15)23(20)9-3-4-18(21)26/h5-8,10-11,25H,3-4,9H2,1-2H3,(H2,21,26). The second kappa shape index (κ2) is 7.49. The zero-order valence-corrected chi connectivity index (χ0v) is 15.2. The fourth-order valence-electron chi connectivity index (χ4n) is 3.24. The number of imidazole rings is 1. The number of methoxy groups -OCH3 is 1. The molecule has 27 heavy (non-hydrogen) atoms. The summed E-state index contributed by atoms with van der Waals surface area (Å²) in [5.74, 6) is 0.759. The van der Waals surface area contributed by atoms with Gasteiger partial charge in [0.25, 0.3) is 0 Å². The number of phenolic OH excluding ortho intramolecular Hbond substituents is 1. The molecule has 0 atom stereocenters. The highest BCUT2D eigenvalue weighted by Gasteiger charge is 2.18. The lowest BCUT2D eigenvalue weighted by Gasteiger charge is -2.14. The van der Waals surface area contributed by atoms with E-state index in [1.54, 1.807) is 24.3 Å². The Bertz CT molecular complexity index is 1020. The molecule has 0 radical (unpaired) electrons. The van der Waals surface area contributed by atoms with Gasteiger partial charge >= 0.3 is 0 Å². The van der Waals surface area contributed by atoms with E-state index >= 15 is 0 Å². The highest BCUT2D eigenvalue weighted by atomic mass is 16.5. The maximum absolute atomic E-state index is 11.1. The minimum Gasteiger partial charge on any atom is -0.504 e. The van der Waals surface area contributed by atoms with Crippen LogP contribution in [0.25, 0.3) is 22.4 Å². The summed E-state index contributed by atoms with van der Waals surface area (Å²) < 4.78 is 7.30. The Balaban J connectivity index is 2.18. The Morgan fingerprint density at radius 3 is 2.78 bits per heavy atom. The number of nitrogens with zero attached hydrogens (tertiary/aromatic N) is 2. The van der Waals surface area contributed by atoms with E-state index in [1.807, 2.05) is 17.6 Å². The topological polar surface area (TPSA) is 107 Å². The van der Waals surface area contributed by atoms with E-state index in [0.717, 1.165) is 22.9 Å². The average Bonchev–Trinajstić information content (AvgIpc) is 2.99. The van der Waals surface area contributed by atoms with Crippen LogP contribution in [0.4, 0.5) is 0 Å². The van der Waals surface area contributed by atoms with Gasteiger partial charge in [-0.2, -0.15) is 0 Å². The van der Waals surface area contributed by atoms with Gasteiger partial charge in [0, 0.05) is 29.7 Å². The number of aryl methyl sites for hydroxylation is 1. The molecule has 0 bridgehead atoms. The highest BCUT2D eigenvalue weighted by Crippen LogP contribution is 2.37. The van der Waals surface area contributed by atoms with Crippen LogP contribution < -0.4 is 10.5 Å². The summed E-state index contributed by atoms with van der Waals surface area (Å²) in [6.45, 7) is 2.38. The SMILES string of the molecule is COc1c(O)ccc(-c2nc3cc(C=O)ccc3n2CCCC(N)=O)c1C. The molecule has 3 N–H and O–H groups in total. The summed E-state index contributed by atoms with van der Waals surface area (Å²) in [4.78, 5) is 26.9. The number of primary amides is 1. The quantitative estimate of drug-likeness (QED) is 0.624. The molecule has 3 aromatic rings. The Hall–Kier alpha value is -3.35. The van der Waals surface area contributed by atoms with E-state index in [-0.39, 0.29) is 18.1 Å². The number of benzene rings is 2. The minimum atomic E-state index is -0.355. The third-order valence-corrected chi connectivity index (χ3v) is 4.54. The lowest BCUT2D eigenvalue weighted by Crippen LogP contribution is -2.12. The third kappa shape index (κ3) is 3.48. The molecular weight excluding hydrogens is 346 g/mol. The number of amides is 1. The van der Waals surface area contributed by atoms with Crippen LogP contribution in [0.1, 0.15) is 28.8 Å². The predicted molar refractivity (Wildman–Crippen MR) is 102 cm³/mol. The summed E-state index contributed by atoms with van der Waals surface area (Å²) in [5, 5.41) is 10.0. The van der Waals surface area contributed by atoms with Crippen LogP contribution in [0, 0.1) is 6.92 Å². The number of hydrogen-bond donors (Lipinski definition) is 2. The molecule has 0 saturated carbocycles. The zero-order valence-electron chi connectivity index (χ0n) is 15.2. The van der Waals surface area contributed by atoms with E-state index in [1.165, 1.54) is 7.11 Å². The number of carbonyl (C=O) groups excluding carboxylic acids is 2. The molecule has 7 heteroatoms. The summed E-state index contributed by atoms with van der Waals surface area (Å²) in [6.07, 6.45) is 1.61. The largest absolute Gasteiger partial charge is 0.504 e. The van der Waals surface area contributed by atoms with Crippen molar-refractivity contribution in [3.8, 4) is 22.9 Å². The molecule has 140 valence electrons. The van der Waals surface area contributed by atoms with Gasteiger partial charge in [-0.15, -0.1) is 0 Å². The smallest absolute Gasteiger partial charge is 0.217 e. The van der Waals surface area contributed by atoms with Gasteiger partial charge in [-0.05, 0) is 43.7 Å². The second-order valence-corrected chi connectivity index (χ2v) is 6.31. The zero-order chi connectivity index (χ0) is 19.6. The number of nitrogens with two attached hydrogens (primary N) is 1. The number of rotatable bonds is 7. The third-order valence-electron chi connectivity index (χ3n) is 4.54. The molecular formula is C20H21N3O4. The molecule has 1 heterocycles. The minimum absolute atomic E-state index is 0.0541. The van der Waals surface area contributed by atoms with Gasteiger partial charge in [-0.3, -0.25) is 9.59 Å². The fourth-order valence-corrected chi connectivity index (χ4v) is 3.24. The Morgan fingerprint density at radius 1 is 1.33 bits per heavy atom. The number of fused-ring (bicyclic) bond motifs is 1. The van der Waals surface area contributed by atoms with Gasteiger partial charge in [-0.1, -0.05) is 0 Å². The Kier molecular flexibility index (Phi) is 5.12. The molecule has 0 aliphatic carbocycles. The second-order valence-electron chi connectivity index (χ2n) is 6.31. The number of carbonyl (C=O) groups is 2. The molecule has 0 spiro atoms. The molecule has 1 amide bonds. The van der Waals surface area contributed by atoms with Crippen molar-refractivity contribution in [1.82, 2.24) is 9.55 Å². The normalized spacial score (nSPS) is 10.9. The van der Waals surface area contributed by atoms with Crippen molar-refractivity contribution in [2.75, 3.05) is 7.11 Å². The molecule has 0 fully saturated rings. The van der Waals surface area contributed by atoms with E-state index in [9.17, 15) is 14.7 Å². The molecule has 2 aromatic carbocycles. The van der Waals surface area contributed by atoms with Crippen LogP contribution in [-0.4, -0.2) is 34.0 Å². The van der Waals surface area contributed by atoms with Gasteiger partial charge in [-0.25, -0.2) is 4.98 Å².